The number of hydrogen-bond donors (Lipinski definition) is 1. The van der Waals surface area contributed by atoms with E-state index in [1.165, 1.54) is 4.90 Å². The molecule has 0 bridgehead atoms. The van der Waals surface area contributed by atoms with Crippen LogP contribution in [0.25, 0.3) is 0 Å². The Balaban J connectivity index is 2.45. The van der Waals surface area contributed by atoms with Crippen molar-refractivity contribution in [2.45, 2.75) is 38.4 Å². The van der Waals surface area contributed by atoms with Crippen molar-refractivity contribution in [3.8, 4) is 0 Å². The second-order valence-corrected chi connectivity index (χ2v) is 5.34. The highest BCUT2D eigenvalue weighted by atomic mass is 19.4. The molecule has 0 aliphatic carbocycles. The van der Waals surface area contributed by atoms with Crippen LogP contribution >= 0.6 is 0 Å². The number of nitrogens with two attached hydrogens (primary N) is 1. The molecule has 1 heterocycles. The van der Waals surface area contributed by atoms with Gasteiger partial charge in [0.15, 0.2) is 5.54 Å². The standard InChI is InChI=1S/C14H17F3N2O/c1-9-5-3-6-10-7-4-8-19(11(9)10)12(20)13(2,18)14(15,16)17/h3,5-6H,4,7-8,18H2,1-2H3. The summed E-state index contributed by atoms with van der Waals surface area (Å²) < 4.78 is 38.8. The first-order valence-electron chi connectivity index (χ1n) is 6.42. The molecule has 1 aliphatic rings. The van der Waals surface area contributed by atoms with Gasteiger partial charge < -0.3 is 10.6 Å². The summed E-state index contributed by atoms with van der Waals surface area (Å²) >= 11 is 0. The second-order valence-electron chi connectivity index (χ2n) is 5.34. The van der Waals surface area contributed by atoms with Crippen LogP contribution in [-0.4, -0.2) is 24.2 Å². The Hall–Kier alpha value is -1.56. The Bertz CT molecular complexity index is 538. The van der Waals surface area contributed by atoms with Gasteiger partial charge in [-0.1, -0.05) is 18.2 Å². The number of para-hydroxylation sites is 1. The lowest BCUT2D eigenvalue weighted by atomic mass is 9.94. The van der Waals surface area contributed by atoms with E-state index in [0.717, 1.165) is 24.5 Å². The molecule has 110 valence electrons. The van der Waals surface area contributed by atoms with Crippen LogP contribution in [0.3, 0.4) is 0 Å². The Morgan fingerprint density at radius 2 is 2.00 bits per heavy atom. The topological polar surface area (TPSA) is 46.3 Å². The molecule has 0 saturated heterocycles. The minimum absolute atomic E-state index is 0.263. The minimum atomic E-state index is -4.77. The van der Waals surface area contributed by atoms with Crippen molar-refractivity contribution in [3.05, 3.63) is 29.3 Å². The summed E-state index contributed by atoms with van der Waals surface area (Å²) in [6.07, 6.45) is -3.38. The van der Waals surface area contributed by atoms with Gasteiger partial charge >= 0.3 is 6.18 Å². The molecule has 1 atom stereocenters. The Morgan fingerprint density at radius 1 is 1.35 bits per heavy atom. The van der Waals surface area contributed by atoms with Crippen LogP contribution in [0, 0.1) is 6.92 Å². The fraction of sp³-hybridized carbons (Fsp3) is 0.500. The molecule has 1 aromatic rings. The van der Waals surface area contributed by atoms with E-state index in [-0.39, 0.29) is 6.54 Å². The third-order valence-corrected chi connectivity index (χ3v) is 3.70. The quantitative estimate of drug-likeness (QED) is 0.862. The van der Waals surface area contributed by atoms with E-state index >= 15 is 0 Å². The summed E-state index contributed by atoms with van der Waals surface area (Å²) in [5.74, 6) is -1.10. The van der Waals surface area contributed by atoms with Crippen LogP contribution in [0.15, 0.2) is 18.2 Å². The number of fused-ring (bicyclic) bond motifs is 1. The van der Waals surface area contributed by atoms with Crippen LogP contribution in [0.2, 0.25) is 0 Å². The van der Waals surface area contributed by atoms with Crippen molar-refractivity contribution in [1.29, 1.82) is 0 Å². The zero-order valence-electron chi connectivity index (χ0n) is 11.4. The van der Waals surface area contributed by atoms with Gasteiger partial charge in [0, 0.05) is 12.2 Å². The number of nitrogens with zero attached hydrogens (tertiary/aromatic N) is 1. The lowest BCUT2D eigenvalue weighted by Gasteiger charge is -2.37. The lowest BCUT2D eigenvalue weighted by Crippen LogP contribution is -2.63. The summed E-state index contributed by atoms with van der Waals surface area (Å²) in [6.45, 7) is 2.77. The number of amides is 1. The van der Waals surface area contributed by atoms with E-state index in [4.69, 9.17) is 5.73 Å². The fourth-order valence-corrected chi connectivity index (χ4v) is 2.45. The molecule has 0 radical (unpaired) electrons. The number of rotatable bonds is 1. The van der Waals surface area contributed by atoms with Gasteiger partial charge in [-0.15, -0.1) is 0 Å². The molecule has 3 nitrogen and oxygen atoms in total. The summed E-state index contributed by atoms with van der Waals surface area (Å²) in [6, 6.07) is 5.46. The first kappa shape index (κ1) is 14.8. The van der Waals surface area contributed by atoms with Gasteiger partial charge in [-0.05, 0) is 37.8 Å². The van der Waals surface area contributed by atoms with Crippen molar-refractivity contribution in [3.63, 3.8) is 0 Å². The first-order chi connectivity index (χ1) is 9.16. The molecule has 0 fully saturated rings. The molecule has 2 rings (SSSR count). The molecule has 0 aromatic heterocycles. The molecule has 1 unspecified atom stereocenters. The van der Waals surface area contributed by atoms with Gasteiger partial charge in [-0.2, -0.15) is 13.2 Å². The maximum absolute atomic E-state index is 12.9. The van der Waals surface area contributed by atoms with E-state index in [2.05, 4.69) is 0 Å². The Labute approximate surface area is 115 Å². The number of hydrogen-bond acceptors (Lipinski definition) is 2. The molecular formula is C14H17F3N2O. The van der Waals surface area contributed by atoms with Crippen LogP contribution < -0.4 is 10.6 Å². The van der Waals surface area contributed by atoms with Crippen molar-refractivity contribution in [2.24, 2.45) is 5.73 Å². The maximum Gasteiger partial charge on any atom is 0.415 e. The van der Waals surface area contributed by atoms with Gasteiger partial charge in [0.1, 0.15) is 0 Å². The highest BCUT2D eigenvalue weighted by Gasteiger charge is 2.55. The summed E-state index contributed by atoms with van der Waals surface area (Å²) in [5, 5.41) is 0. The number of alkyl halides is 3. The van der Waals surface area contributed by atoms with Crippen molar-refractivity contribution in [1.82, 2.24) is 0 Å². The predicted molar refractivity (Wildman–Crippen MR) is 70.5 cm³/mol. The van der Waals surface area contributed by atoms with Crippen LogP contribution in [-0.2, 0) is 11.2 Å². The number of carbonyl (C=O) groups excluding carboxylic acids is 1. The SMILES string of the molecule is Cc1cccc2c1N(C(=O)C(C)(N)C(F)(F)F)CCC2. The van der Waals surface area contributed by atoms with Gasteiger partial charge in [0.05, 0.1) is 0 Å². The largest absolute Gasteiger partial charge is 0.415 e. The van der Waals surface area contributed by atoms with Gasteiger partial charge in [0.2, 0.25) is 0 Å². The summed E-state index contributed by atoms with van der Waals surface area (Å²) in [4.78, 5) is 13.4. The third kappa shape index (κ3) is 2.28. The van der Waals surface area contributed by atoms with E-state index in [1.807, 2.05) is 12.1 Å². The number of halogens is 3. The molecule has 1 aliphatic heterocycles. The monoisotopic (exact) mass is 286 g/mol. The molecular weight excluding hydrogens is 269 g/mol. The van der Waals surface area contributed by atoms with Crippen LogP contribution in [0.4, 0.5) is 18.9 Å². The van der Waals surface area contributed by atoms with Crippen molar-refractivity contribution >= 4 is 11.6 Å². The smallest absolute Gasteiger partial charge is 0.310 e. The molecule has 20 heavy (non-hydrogen) atoms. The number of aryl methyl sites for hydroxylation is 2. The fourth-order valence-electron chi connectivity index (χ4n) is 2.45. The maximum atomic E-state index is 12.9. The predicted octanol–water partition coefficient (Wildman–Crippen LogP) is 2.55. The first-order valence-corrected chi connectivity index (χ1v) is 6.42. The average Bonchev–Trinajstić information content (AvgIpc) is 2.36. The number of benzene rings is 1. The summed E-state index contributed by atoms with van der Waals surface area (Å²) in [7, 11) is 0. The average molecular weight is 286 g/mol. The zero-order chi connectivity index (χ0) is 15.1. The minimum Gasteiger partial charge on any atom is -0.310 e. The Morgan fingerprint density at radius 3 is 2.60 bits per heavy atom. The van der Waals surface area contributed by atoms with Gasteiger partial charge in [0.25, 0.3) is 5.91 Å². The molecule has 1 aromatic carbocycles. The summed E-state index contributed by atoms with van der Waals surface area (Å²) in [5.41, 5.74) is 4.64. The van der Waals surface area contributed by atoms with Crippen molar-refractivity contribution in [2.75, 3.05) is 11.4 Å². The van der Waals surface area contributed by atoms with Gasteiger partial charge in [-0.3, -0.25) is 4.79 Å². The molecule has 2 N–H and O–H groups in total. The molecule has 0 saturated carbocycles. The Kier molecular flexibility index (Phi) is 3.54. The van der Waals surface area contributed by atoms with E-state index in [9.17, 15) is 18.0 Å². The van der Waals surface area contributed by atoms with E-state index in [0.29, 0.717) is 12.1 Å². The van der Waals surface area contributed by atoms with Crippen molar-refractivity contribution < 1.29 is 18.0 Å². The lowest BCUT2D eigenvalue weighted by molar-refractivity contribution is -0.185. The molecule has 6 heteroatoms. The number of carbonyl (C=O) groups is 1. The normalized spacial score (nSPS) is 18.4. The van der Waals surface area contributed by atoms with Crippen LogP contribution in [0.5, 0.6) is 0 Å². The van der Waals surface area contributed by atoms with Gasteiger partial charge in [-0.25, -0.2) is 0 Å². The number of anilines is 1. The van der Waals surface area contributed by atoms with E-state index < -0.39 is 17.6 Å². The van der Waals surface area contributed by atoms with Crippen LogP contribution in [0.1, 0.15) is 24.5 Å². The highest BCUT2D eigenvalue weighted by molar-refractivity contribution is 6.02. The highest BCUT2D eigenvalue weighted by Crippen LogP contribution is 2.35. The molecule has 0 spiro atoms. The second kappa shape index (κ2) is 4.77. The van der Waals surface area contributed by atoms with E-state index in [1.54, 1.807) is 13.0 Å². The third-order valence-electron chi connectivity index (χ3n) is 3.70. The molecule has 1 amide bonds. The zero-order valence-corrected chi connectivity index (χ0v) is 11.4.